The second-order valence-corrected chi connectivity index (χ2v) is 2.58. The lowest BCUT2D eigenvalue weighted by atomic mass is 10.2. The van der Waals surface area contributed by atoms with E-state index in [-0.39, 0.29) is 10.5 Å². The first-order valence-electron chi connectivity index (χ1n) is 3.21. The lowest BCUT2D eigenvalue weighted by molar-refractivity contribution is 0.111. The molecule has 0 aliphatic carbocycles. The van der Waals surface area contributed by atoms with Gasteiger partial charge in [-0.2, -0.15) is 0 Å². The Hall–Kier alpha value is -1.03. The maximum atomic E-state index is 13.1. The third-order valence-electron chi connectivity index (χ3n) is 1.46. The first-order valence-corrected chi connectivity index (χ1v) is 3.66. The predicted molar refractivity (Wildman–Crippen MR) is 45.6 cm³/mol. The van der Waals surface area contributed by atoms with Gasteiger partial charge in [-0.1, -0.05) is 0 Å². The van der Waals surface area contributed by atoms with Crippen LogP contribution in [0.3, 0.4) is 0 Å². The molecule has 12 heavy (non-hydrogen) atoms. The number of carbonyl (C=O) groups excluding carboxylic acids is 1. The van der Waals surface area contributed by atoms with Gasteiger partial charge in [-0.05, 0) is 12.1 Å². The Labute approximate surface area is 74.8 Å². The van der Waals surface area contributed by atoms with Gasteiger partial charge in [0.05, 0.1) is 17.6 Å². The second-order valence-electron chi connectivity index (χ2n) is 2.14. The lowest BCUT2D eigenvalue weighted by Gasteiger charge is -2.04. The Balaban J connectivity index is 3.29. The van der Waals surface area contributed by atoms with Crippen LogP contribution in [0.4, 0.5) is 4.39 Å². The van der Waals surface area contributed by atoms with Crippen LogP contribution in [0.25, 0.3) is 0 Å². The van der Waals surface area contributed by atoms with Crippen LogP contribution in [0.15, 0.2) is 17.0 Å². The van der Waals surface area contributed by atoms with Crippen LogP contribution >= 0.6 is 12.6 Å². The summed E-state index contributed by atoms with van der Waals surface area (Å²) in [6.45, 7) is 0. The number of hydrogen-bond acceptors (Lipinski definition) is 3. The van der Waals surface area contributed by atoms with Crippen molar-refractivity contribution in [1.82, 2.24) is 0 Å². The molecule has 1 aromatic carbocycles. The van der Waals surface area contributed by atoms with Crippen molar-refractivity contribution in [1.29, 1.82) is 0 Å². The molecule has 0 fully saturated rings. The van der Waals surface area contributed by atoms with Crippen molar-refractivity contribution in [2.45, 2.75) is 4.90 Å². The highest BCUT2D eigenvalue weighted by Gasteiger charge is 2.09. The van der Waals surface area contributed by atoms with E-state index >= 15 is 0 Å². The van der Waals surface area contributed by atoms with Gasteiger partial charge in [0.25, 0.3) is 0 Å². The molecule has 0 radical (unpaired) electrons. The van der Waals surface area contributed by atoms with Gasteiger partial charge in [0.1, 0.15) is 5.75 Å². The molecular formula is C8H7FO2S. The fourth-order valence-electron chi connectivity index (χ4n) is 0.818. The molecule has 1 aromatic rings. The number of benzene rings is 1. The van der Waals surface area contributed by atoms with E-state index in [4.69, 9.17) is 4.74 Å². The predicted octanol–water partition coefficient (Wildman–Crippen LogP) is 1.94. The minimum absolute atomic E-state index is 0.0131. The molecule has 64 valence electrons. The number of aldehydes is 1. The Morgan fingerprint density at radius 2 is 2.25 bits per heavy atom. The molecule has 0 unspecified atom stereocenters. The number of ether oxygens (including phenoxy) is 1. The first-order chi connectivity index (χ1) is 5.70. The number of methoxy groups -OCH3 is 1. The van der Waals surface area contributed by atoms with Crippen LogP contribution in [0.5, 0.6) is 5.75 Å². The van der Waals surface area contributed by atoms with E-state index in [0.717, 1.165) is 0 Å². The maximum absolute atomic E-state index is 13.1. The normalized spacial score (nSPS) is 9.58. The minimum atomic E-state index is -0.646. The molecule has 0 heterocycles. The first kappa shape index (κ1) is 9.06. The third kappa shape index (κ3) is 1.43. The van der Waals surface area contributed by atoms with Crippen LogP contribution < -0.4 is 4.74 Å². The van der Waals surface area contributed by atoms with Crippen molar-refractivity contribution in [2.75, 3.05) is 7.11 Å². The van der Waals surface area contributed by atoms with Crippen LogP contribution in [0, 0.1) is 5.82 Å². The molecule has 0 aliphatic heterocycles. The number of rotatable bonds is 2. The Morgan fingerprint density at radius 3 is 2.75 bits per heavy atom. The lowest BCUT2D eigenvalue weighted by Crippen LogP contribution is -1.93. The summed E-state index contributed by atoms with van der Waals surface area (Å²) in [7, 11) is 1.41. The molecule has 0 spiro atoms. The summed E-state index contributed by atoms with van der Waals surface area (Å²) >= 11 is 3.86. The summed E-state index contributed by atoms with van der Waals surface area (Å²) in [6.07, 6.45) is 0.439. The van der Waals surface area contributed by atoms with Gasteiger partial charge in [0.15, 0.2) is 12.1 Å². The molecule has 0 atom stereocenters. The highest BCUT2D eigenvalue weighted by molar-refractivity contribution is 7.80. The second kappa shape index (κ2) is 3.58. The molecule has 2 nitrogen and oxygen atoms in total. The number of carbonyl (C=O) groups is 1. The average Bonchev–Trinajstić information content (AvgIpc) is 2.10. The summed E-state index contributed by atoms with van der Waals surface area (Å²) in [5.74, 6) is -0.325. The van der Waals surface area contributed by atoms with Gasteiger partial charge in [-0.3, -0.25) is 4.79 Å². The highest BCUT2D eigenvalue weighted by Crippen LogP contribution is 2.26. The SMILES string of the molecule is COc1ccc(C=O)c(F)c1S. The summed E-state index contributed by atoms with van der Waals surface area (Å²) in [5.41, 5.74) is -0.0131. The Morgan fingerprint density at radius 1 is 1.58 bits per heavy atom. The largest absolute Gasteiger partial charge is 0.495 e. The summed E-state index contributed by atoms with van der Waals surface area (Å²) in [6, 6.07) is 2.84. The van der Waals surface area contributed by atoms with Gasteiger partial charge in [-0.25, -0.2) is 4.39 Å². The highest BCUT2D eigenvalue weighted by atomic mass is 32.1. The third-order valence-corrected chi connectivity index (χ3v) is 1.87. The minimum Gasteiger partial charge on any atom is -0.495 e. The van der Waals surface area contributed by atoms with Crippen molar-refractivity contribution < 1.29 is 13.9 Å². The van der Waals surface area contributed by atoms with Gasteiger partial charge in [-0.15, -0.1) is 12.6 Å². The average molecular weight is 186 g/mol. The molecule has 0 amide bonds. The van der Waals surface area contributed by atoms with Crippen molar-refractivity contribution >= 4 is 18.9 Å². The standard InChI is InChI=1S/C8H7FO2S/c1-11-6-3-2-5(4-10)7(9)8(6)12/h2-4,12H,1H3. The molecule has 0 aromatic heterocycles. The fourth-order valence-corrected chi connectivity index (χ4v) is 1.11. The van der Waals surface area contributed by atoms with Gasteiger partial charge >= 0.3 is 0 Å². The van der Waals surface area contributed by atoms with E-state index < -0.39 is 5.82 Å². The van der Waals surface area contributed by atoms with Crippen molar-refractivity contribution in [3.63, 3.8) is 0 Å². The Kier molecular flexibility index (Phi) is 2.70. The zero-order valence-electron chi connectivity index (χ0n) is 6.37. The van der Waals surface area contributed by atoms with E-state index in [1.165, 1.54) is 19.2 Å². The van der Waals surface area contributed by atoms with Crippen molar-refractivity contribution in [2.24, 2.45) is 0 Å². The van der Waals surface area contributed by atoms with E-state index in [1.54, 1.807) is 0 Å². The van der Waals surface area contributed by atoms with Crippen LogP contribution in [-0.2, 0) is 0 Å². The molecule has 0 bridgehead atoms. The summed E-state index contributed by atoms with van der Waals surface area (Å²) < 4.78 is 17.9. The van der Waals surface area contributed by atoms with Gasteiger partial charge in [0.2, 0.25) is 0 Å². The monoisotopic (exact) mass is 186 g/mol. The molecule has 0 saturated carbocycles. The topological polar surface area (TPSA) is 26.3 Å². The summed E-state index contributed by atoms with van der Waals surface area (Å²) in [4.78, 5) is 10.3. The van der Waals surface area contributed by atoms with Crippen LogP contribution in [-0.4, -0.2) is 13.4 Å². The molecule has 1 rings (SSSR count). The Bertz CT molecular complexity index is 312. The van der Waals surface area contributed by atoms with Crippen molar-refractivity contribution in [3.8, 4) is 5.75 Å². The zero-order valence-corrected chi connectivity index (χ0v) is 7.27. The van der Waals surface area contributed by atoms with Crippen LogP contribution in [0.1, 0.15) is 10.4 Å². The molecule has 0 aliphatic rings. The van der Waals surface area contributed by atoms with E-state index in [0.29, 0.717) is 12.0 Å². The summed E-state index contributed by atoms with van der Waals surface area (Å²) in [5, 5.41) is 0. The van der Waals surface area contributed by atoms with Gasteiger partial charge < -0.3 is 4.74 Å². The van der Waals surface area contributed by atoms with Gasteiger partial charge in [0, 0.05) is 0 Å². The number of hydrogen-bond donors (Lipinski definition) is 1. The zero-order chi connectivity index (χ0) is 9.14. The molecule has 0 saturated heterocycles. The smallest absolute Gasteiger partial charge is 0.153 e. The van der Waals surface area contributed by atoms with E-state index in [1.807, 2.05) is 0 Å². The quantitative estimate of drug-likeness (QED) is 0.564. The fraction of sp³-hybridized carbons (Fsp3) is 0.125. The van der Waals surface area contributed by atoms with E-state index in [2.05, 4.69) is 12.6 Å². The van der Waals surface area contributed by atoms with Crippen LogP contribution in [0.2, 0.25) is 0 Å². The van der Waals surface area contributed by atoms with E-state index in [9.17, 15) is 9.18 Å². The number of halogens is 1. The molecular weight excluding hydrogens is 179 g/mol. The number of thiol groups is 1. The van der Waals surface area contributed by atoms with Crippen molar-refractivity contribution in [3.05, 3.63) is 23.5 Å². The maximum Gasteiger partial charge on any atom is 0.153 e. The molecule has 0 N–H and O–H groups in total. The molecule has 4 heteroatoms.